The first-order valence-corrected chi connectivity index (χ1v) is 7.74. The molecule has 112 valence electrons. The Balaban J connectivity index is 2.41. The zero-order valence-corrected chi connectivity index (χ0v) is 12.7. The fourth-order valence-corrected chi connectivity index (χ4v) is 2.52. The molecule has 22 heavy (non-hydrogen) atoms. The molecular weight excluding hydrogens is 300 g/mol. The maximum absolute atomic E-state index is 12.5. The van der Waals surface area contributed by atoms with E-state index in [0.717, 1.165) is 0 Å². The van der Waals surface area contributed by atoms with Crippen molar-refractivity contribution >= 4 is 28.6 Å². The lowest BCUT2D eigenvalue weighted by Gasteiger charge is -2.10. The molecule has 0 spiro atoms. The molecule has 7 nitrogen and oxygen atoms in total. The molecule has 3 aromatic heterocycles. The predicted octanol–water partition coefficient (Wildman–Crippen LogP) is 1.47. The van der Waals surface area contributed by atoms with Crippen LogP contribution in [-0.4, -0.2) is 30.6 Å². The second-order valence-corrected chi connectivity index (χ2v) is 5.28. The molecule has 0 aliphatic carbocycles. The third-order valence-corrected chi connectivity index (χ3v) is 3.67. The smallest absolute Gasteiger partial charge is 0.278 e. The summed E-state index contributed by atoms with van der Waals surface area (Å²) in [6.45, 7) is 4.03. The first-order valence-electron chi connectivity index (χ1n) is 6.52. The van der Waals surface area contributed by atoms with Crippen LogP contribution < -0.4 is 11.3 Å². The molecule has 0 radical (unpaired) electrons. The van der Waals surface area contributed by atoms with E-state index in [4.69, 9.17) is 5.73 Å². The normalized spacial score (nSPS) is 11.0. The van der Waals surface area contributed by atoms with E-state index in [1.54, 1.807) is 35.2 Å². The number of nitrogens with two attached hydrogens (primary N) is 1. The Morgan fingerprint density at radius 3 is 2.91 bits per heavy atom. The Kier molecular flexibility index (Phi) is 3.68. The van der Waals surface area contributed by atoms with E-state index in [2.05, 4.69) is 21.5 Å². The molecule has 3 aromatic rings. The molecule has 2 N–H and O–H groups in total. The van der Waals surface area contributed by atoms with Gasteiger partial charge in [-0.15, -0.1) is 6.58 Å². The molecule has 0 aliphatic rings. The maximum Gasteiger partial charge on any atom is 0.278 e. The van der Waals surface area contributed by atoms with E-state index < -0.39 is 0 Å². The Hall–Kier alpha value is -2.61. The minimum absolute atomic E-state index is 0.188. The Morgan fingerprint density at radius 2 is 2.23 bits per heavy atom. The summed E-state index contributed by atoms with van der Waals surface area (Å²) in [7, 11) is 0. The summed E-state index contributed by atoms with van der Waals surface area (Å²) in [5.74, 6) is 0.899. The first kappa shape index (κ1) is 14.3. The molecule has 0 unspecified atom stereocenters. The number of pyridine rings is 1. The molecule has 0 fully saturated rings. The predicted molar refractivity (Wildman–Crippen MR) is 87.3 cm³/mol. The van der Waals surface area contributed by atoms with Crippen molar-refractivity contribution in [2.45, 2.75) is 11.7 Å². The highest BCUT2D eigenvalue weighted by atomic mass is 32.2. The summed E-state index contributed by atoms with van der Waals surface area (Å²) < 4.78 is 3.16. The fraction of sp³-hybridized carbons (Fsp3) is 0.143. The van der Waals surface area contributed by atoms with Crippen molar-refractivity contribution in [1.29, 1.82) is 0 Å². The van der Waals surface area contributed by atoms with E-state index in [1.165, 1.54) is 16.4 Å². The molecule has 0 atom stereocenters. The van der Waals surface area contributed by atoms with E-state index in [1.807, 2.05) is 6.26 Å². The highest BCUT2D eigenvalue weighted by molar-refractivity contribution is 7.98. The average molecular weight is 314 g/mol. The lowest BCUT2D eigenvalue weighted by molar-refractivity contribution is 0.596. The fourth-order valence-electron chi connectivity index (χ4n) is 2.19. The van der Waals surface area contributed by atoms with Crippen LogP contribution in [-0.2, 0) is 6.54 Å². The van der Waals surface area contributed by atoms with Crippen LogP contribution >= 0.6 is 11.8 Å². The number of rotatable bonds is 4. The molecule has 0 saturated heterocycles. The quantitative estimate of drug-likeness (QED) is 0.445. The van der Waals surface area contributed by atoms with Crippen molar-refractivity contribution in [1.82, 2.24) is 24.3 Å². The lowest BCUT2D eigenvalue weighted by Crippen LogP contribution is -2.22. The van der Waals surface area contributed by atoms with E-state index in [0.29, 0.717) is 34.4 Å². The van der Waals surface area contributed by atoms with Gasteiger partial charge in [-0.25, -0.2) is 24.3 Å². The van der Waals surface area contributed by atoms with Gasteiger partial charge in [-0.2, -0.15) is 0 Å². The van der Waals surface area contributed by atoms with Crippen molar-refractivity contribution in [2.75, 3.05) is 12.0 Å². The number of nitrogens with zero attached hydrogens (tertiary/aromatic N) is 5. The van der Waals surface area contributed by atoms with Gasteiger partial charge in [-0.1, -0.05) is 23.9 Å². The number of thioether (sulfide) groups is 1. The third-order valence-electron chi connectivity index (χ3n) is 3.11. The minimum atomic E-state index is -0.188. The van der Waals surface area contributed by atoms with Gasteiger partial charge in [0.1, 0.15) is 11.2 Å². The molecule has 0 aromatic carbocycles. The van der Waals surface area contributed by atoms with Crippen molar-refractivity contribution in [2.24, 2.45) is 0 Å². The van der Waals surface area contributed by atoms with Gasteiger partial charge in [0.15, 0.2) is 16.6 Å². The van der Waals surface area contributed by atoms with E-state index in [-0.39, 0.29) is 5.56 Å². The number of hydrogen-bond acceptors (Lipinski definition) is 6. The topological polar surface area (TPSA) is 91.6 Å². The molecule has 3 heterocycles. The molecular formula is C14H14N6OS. The Bertz CT molecular complexity index is 913. The largest absolute Gasteiger partial charge is 0.384 e. The Morgan fingerprint density at radius 1 is 1.41 bits per heavy atom. The number of hydrogen-bond donors (Lipinski definition) is 1. The standard InChI is InChI=1S/C14H14N6OS/c1-3-7-19-13(21)9-8-16-14(22-2)18-12(9)20(19)11-6-4-5-10(15)17-11/h3-6,8H,1,7H2,2H3,(H2,15,17). The minimum Gasteiger partial charge on any atom is -0.384 e. The summed E-state index contributed by atoms with van der Waals surface area (Å²) in [6, 6.07) is 5.24. The number of aromatic nitrogens is 5. The van der Waals surface area contributed by atoms with Gasteiger partial charge in [0.25, 0.3) is 5.56 Å². The van der Waals surface area contributed by atoms with Crippen LogP contribution in [0.2, 0.25) is 0 Å². The highest BCUT2D eigenvalue weighted by Gasteiger charge is 2.17. The second kappa shape index (κ2) is 5.64. The number of allylic oxidation sites excluding steroid dienone is 1. The van der Waals surface area contributed by atoms with Gasteiger partial charge in [-0.3, -0.25) is 4.79 Å². The summed E-state index contributed by atoms with van der Waals surface area (Å²) in [5, 5.41) is 1.02. The van der Waals surface area contributed by atoms with Crippen LogP contribution in [0.5, 0.6) is 0 Å². The van der Waals surface area contributed by atoms with Crippen LogP contribution in [0.4, 0.5) is 5.82 Å². The van der Waals surface area contributed by atoms with E-state index >= 15 is 0 Å². The van der Waals surface area contributed by atoms with Gasteiger partial charge in [0.2, 0.25) is 0 Å². The first-order chi connectivity index (χ1) is 10.7. The lowest BCUT2D eigenvalue weighted by atomic mass is 10.4. The molecule has 0 bridgehead atoms. The van der Waals surface area contributed by atoms with E-state index in [9.17, 15) is 4.79 Å². The summed E-state index contributed by atoms with van der Waals surface area (Å²) in [4.78, 5) is 25.4. The molecule has 0 saturated carbocycles. The third kappa shape index (κ3) is 2.27. The van der Waals surface area contributed by atoms with Gasteiger partial charge < -0.3 is 5.73 Å². The SMILES string of the molecule is C=CCn1c(=O)c2cnc(SC)nc2n1-c1cccc(N)n1. The summed E-state index contributed by atoms with van der Waals surface area (Å²) >= 11 is 1.41. The van der Waals surface area contributed by atoms with Crippen LogP contribution in [0.1, 0.15) is 0 Å². The van der Waals surface area contributed by atoms with Crippen LogP contribution in [0, 0.1) is 0 Å². The Labute approximate surface area is 130 Å². The van der Waals surface area contributed by atoms with Gasteiger partial charge in [0.05, 0.1) is 6.54 Å². The van der Waals surface area contributed by atoms with Gasteiger partial charge >= 0.3 is 0 Å². The van der Waals surface area contributed by atoms with Crippen LogP contribution in [0.15, 0.2) is 47.0 Å². The highest BCUT2D eigenvalue weighted by Crippen LogP contribution is 2.17. The zero-order chi connectivity index (χ0) is 15.7. The number of anilines is 1. The van der Waals surface area contributed by atoms with Crippen molar-refractivity contribution in [3.05, 3.63) is 47.4 Å². The van der Waals surface area contributed by atoms with Gasteiger partial charge in [-0.05, 0) is 18.4 Å². The summed E-state index contributed by atoms with van der Waals surface area (Å²) in [5.41, 5.74) is 6.07. The maximum atomic E-state index is 12.5. The summed E-state index contributed by atoms with van der Waals surface area (Å²) in [6.07, 6.45) is 5.06. The molecule has 8 heteroatoms. The molecule has 0 amide bonds. The van der Waals surface area contributed by atoms with Crippen molar-refractivity contribution in [3.8, 4) is 5.82 Å². The number of nitrogen functional groups attached to an aromatic ring is 1. The van der Waals surface area contributed by atoms with Gasteiger partial charge in [0, 0.05) is 6.20 Å². The van der Waals surface area contributed by atoms with Crippen molar-refractivity contribution < 1.29 is 0 Å². The van der Waals surface area contributed by atoms with Crippen molar-refractivity contribution in [3.63, 3.8) is 0 Å². The molecule has 3 rings (SSSR count). The van der Waals surface area contributed by atoms with Crippen LogP contribution in [0.25, 0.3) is 16.9 Å². The average Bonchev–Trinajstić information content (AvgIpc) is 2.80. The molecule has 0 aliphatic heterocycles. The van der Waals surface area contributed by atoms with Crippen LogP contribution in [0.3, 0.4) is 0 Å². The number of fused-ring (bicyclic) bond motifs is 1. The zero-order valence-electron chi connectivity index (χ0n) is 11.9. The second-order valence-electron chi connectivity index (χ2n) is 4.50. The monoisotopic (exact) mass is 314 g/mol.